The van der Waals surface area contributed by atoms with Crippen LogP contribution in [0.1, 0.15) is 20.7 Å². The summed E-state index contributed by atoms with van der Waals surface area (Å²) in [5.41, 5.74) is 5.08. The molecule has 4 aromatic rings. The topological polar surface area (TPSA) is 74.6 Å². The molecule has 4 heteroatoms. The minimum atomic E-state index is -1.04. The Morgan fingerprint density at radius 2 is 1.03 bits per heavy atom. The summed E-state index contributed by atoms with van der Waals surface area (Å²) in [6.45, 7) is 0. The smallest absolute Gasteiger partial charge is 0.336 e. The largest absolute Gasteiger partial charge is 0.478 e. The molecule has 30 heavy (non-hydrogen) atoms. The number of aromatic carboxylic acids is 2. The fourth-order valence-corrected chi connectivity index (χ4v) is 3.62. The summed E-state index contributed by atoms with van der Waals surface area (Å²) in [5, 5.41) is 19.1. The van der Waals surface area contributed by atoms with Crippen molar-refractivity contribution in [3.8, 4) is 33.4 Å². The lowest BCUT2D eigenvalue weighted by molar-refractivity contribution is 0.0686. The van der Waals surface area contributed by atoms with Crippen molar-refractivity contribution in [3.63, 3.8) is 0 Å². The molecule has 0 bridgehead atoms. The van der Waals surface area contributed by atoms with Crippen molar-refractivity contribution in [2.24, 2.45) is 0 Å². The van der Waals surface area contributed by atoms with Crippen LogP contribution in [-0.2, 0) is 0 Å². The van der Waals surface area contributed by atoms with Crippen LogP contribution in [0.5, 0.6) is 0 Å². The number of rotatable bonds is 5. The molecule has 0 aliphatic heterocycles. The first-order chi connectivity index (χ1) is 14.6. The van der Waals surface area contributed by atoms with E-state index < -0.39 is 11.9 Å². The number of carboxylic acids is 2. The van der Waals surface area contributed by atoms with Gasteiger partial charge in [-0.05, 0) is 46.0 Å². The van der Waals surface area contributed by atoms with Gasteiger partial charge in [0, 0.05) is 5.56 Å². The summed E-state index contributed by atoms with van der Waals surface area (Å²) in [7, 11) is 0. The summed E-state index contributed by atoms with van der Waals surface area (Å²) in [5.74, 6) is -2.06. The number of carbonyl (C=O) groups is 2. The van der Waals surface area contributed by atoms with E-state index in [1.807, 2.05) is 66.7 Å². The van der Waals surface area contributed by atoms with Crippen LogP contribution in [0.4, 0.5) is 0 Å². The average Bonchev–Trinajstić information content (AvgIpc) is 2.79. The van der Waals surface area contributed by atoms with Crippen LogP contribution in [-0.4, -0.2) is 22.2 Å². The van der Waals surface area contributed by atoms with E-state index in [-0.39, 0.29) is 11.1 Å². The third kappa shape index (κ3) is 3.59. The van der Waals surface area contributed by atoms with Gasteiger partial charge in [0.05, 0.1) is 11.1 Å². The molecule has 0 amide bonds. The Hall–Kier alpha value is -4.18. The molecule has 0 aromatic heterocycles. The molecule has 0 heterocycles. The van der Waals surface area contributed by atoms with Crippen molar-refractivity contribution in [2.45, 2.75) is 0 Å². The molecular weight excluding hydrogens is 376 g/mol. The fourth-order valence-electron chi connectivity index (χ4n) is 3.62. The second-order valence-electron chi connectivity index (χ2n) is 6.83. The van der Waals surface area contributed by atoms with Crippen molar-refractivity contribution >= 4 is 11.9 Å². The Balaban J connectivity index is 2.08. The van der Waals surface area contributed by atoms with Gasteiger partial charge in [0.15, 0.2) is 0 Å². The second kappa shape index (κ2) is 8.05. The van der Waals surface area contributed by atoms with Gasteiger partial charge < -0.3 is 10.2 Å². The molecule has 0 aliphatic carbocycles. The van der Waals surface area contributed by atoms with Crippen LogP contribution in [0, 0.1) is 0 Å². The Labute approximate surface area is 173 Å². The van der Waals surface area contributed by atoms with Gasteiger partial charge in [-0.3, -0.25) is 0 Å². The first-order valence-electron chi connectivity index (χ1n) is 9.41. The van der Waals surface area contributed by atoms with Crippen molar-refractivity contribution < 1.29 is 19.8 Å². The van der Waals surface area contributed by atoms with Crippen LogP contribution in [0.25, 0.3) is 33.4 Å². The summed E-state index contributed by atoms with van der Waals surface area (Å²) in [6.07, 6.45) is 0. The van der Waals surface area contributed by atoms with E-state index in [0.29, 0.717) is 11.1 Å². The lowest BCUT2D eigenvalue weighted by atomic mass is 9.84. The predicted octanol–water partition coefficient (Wildman–Crippen LogP) is 6.08. The molecule has 2 N–H and O–H groups in total. The second-order valence-corrected chi connectivity index (χ2v) is 6.83. The van der Waals surface area contributed by atoms with E-state index in [9.17, 15) is 19.8 Å². The number of hydrogen-bond donors (Lipinski definition) is 2. The van der Waals surface area contributed by atoms with Crippen molar-refractivity contribution in [1.29, 1.82) is 0 Å². The Kier molecular flexibility index (Phi) is 5.14. The first kappa shape index (κ1) is 19.2. The summed E-state index contributed by atoms with van der Waals surface area (Å²) in [6, 6.07) is 29.2. The normalized spacial score (nSPS) is 10.5. The monoisotopic (exact) mass is 394 g/mol. The van der Waals surface area contributed by atoms with Gasteiger partial charge in [-0.2, -0.15) is 0 Å². The maximum Gasteiger partial charge on any atom is 0.336 e. The lowest BCUT2D eigenvalue weighted by Gasteiger charge is -2.19. The van der Waals surface area contributed by atoms with Gasteiger partial charge in [-0.15, -0.1) is 0 Å². The summed E-state index contributed by atoms with van der Waals surface area (Å²) < 4.78 is 0. The highest BCUT2D eigenvalue weighted by molar-refractivity contribution is 6.05. The molecule has 0 fully saturated rings. The molecule has 4 aromatic carbocycles. The van der Waals surface area contributed by atoms with Crippen molar-refractivity contribution in [1.82, 2.24) is 0 Å². The van der Waals surface area contributed by atoms with E-state index in [1.165, 1.54) is 12.1 Å². The molecule has 0 spiro atoms. The van der Waals surface area contributed by atoms with Crippen LogP contribution in [0.2, 0.25) is 0 Å². The van der Waals surface area contributed by atoms with E-state index in [2.05, 4.69) is 0 Å². The average molecular weight is 394 g/mol. The highest BCUT2D eigenvalue weighted by atomic mass is 16.4. The summed E-state index contributed by atoms with van der Waals surface area (Å²) in [4.78, 5) is 23.4. The van der Waals surface area contributed by atoms with Gasteiger partial charge in [0.1, 0.15) is 0 Å². The van der Waals surface area contributed by atoms with Crippen LogP contribution < -0.4 is 0 Å². The van der Waals surface area contributed by atoms with E-state index >= 15 is 0 Å². The van der Waals surface area contributed by atoms with E-state index in [1.54, 1.807) is 18.2 Å². The van der Waals surface area contributed by atoms with Gasteiger partial charge in [-0.25, -0.2) is 9.59 Å². The Morgan fingerprint density at radius 3 is 1.57 bits per heavy atom. The number of carboxylic acid groups (broad SMARTS) is 2. The maximum atomic E-state index is 12.1. The highest BCUT2D eigenvalue weighted by Gasteiger charge is 2.21. The van der Waals surface area contributed by atoms with Gasteiger partial charge in [0.25, 0.3) is 0 Å². The standard InChI is InChI=1S/C26H18O4/c27-25(28)20-13-11-19(12-14-20)24-22(26(29)30)16-15-21(17-7-3-1-4-8-17)23(24)18-9-5-2-6-10-18/h1-16H,(H,27,28)(H,29,30). The van der Waals surface area contributed by atoms with Crippen LogP contribution in [0.15, 0.2) is 97.1 Å². The maximum absolute atomic E-state index is 12.1. The van der Waals surface area contributed by atoms with E-state index in [0.717, 1.165) is 22.3 Å². The lowest BCUT2D eigenvalue weighted by Crippen LogP contribution is -2.03. The number of benzene rings is 4. The zero-order valence-corrected chi connectivity index (χ0v) is 15.9. The SMILES string of the molecule is O=C(O)c1ccc(-c2c(C(=O)O)ccc(-c3ccccc3)c2-c2ccccc2)cc1. The van der Waals surface area contributed by atoms with Crippen LogP contribution in [0.3, 0.4) is 0 Å². The zero-order chi connectivity index (χ0) is 21.1. The fraction of sp³-hybridized carbons (Fsp3) is 0. The minimum Gasteiger partial charge on any atom is -0.478 e. The molecule has 0 atom stereocenters. The Bertz CT molecular complexity index is 1210. The quantitative estimate of drug-likeness (QED) is 0.430. The third-order valence-electron chi connectivity index (χ3n) is 5.00. The molecule has 0 aliphatic rings. The molecular formula is C26H18O4. The minimum absolute atomic E-state index is 0.149. The van der Waals surface area contributed by atoms with Crippen LogP contribution >= 0.6 is 0 Å². The molecule has 0 unspecified atom stereocenters. The highest BCUT2D eigenvalue weighted by Crippen LogP contribution is 2.42. The molecule has 0 saturated carbocycles. The summed E-state index contributed by atoms with van der Waals surface area (Å²) >= 11 is 0. The predicted molar refractivity (Wildman–Crippen MR) is 117 cm³/mol. The molecule has 4 nitrogen and oxygen atoms in total. The third-order valence-corrected chi connectivity index (χ3v) is 5.00. The van der Waals surface area contributed by atoms with Gasteiger partial charge in [0.2, 0.25) is 0 Å². The van der Waals surface area contributed by atoms with Gasteiger partial charge >= 0.3 is 11.9 Å². The molecule has 0 saturated heterocycles. The van der Waals surface area contributed by atoms with Crippen molar-refractivity contribution in [3.05, 3.63) is 108 Å². The molecule has 4 rings (SSSR count). The van der Waals surface area contributed by atoms with Crippen molar-refractivity contribution in [2.75, 3.05) is 0 Å². The molecule has 0 radical (unpaired) electrons. The Morgan fingerprint density at radius 1 is 0.500 bits per heavy atom. The zero-order valence-electron chi connectivity index (χ0n) is 15.9. The van der Waals surface area contributed by atoms with E-state index in [4.69, 9.17) is 0 Å². The van der Waals surface area contributed by atoms with Gasteiger partial charge in [-0.1, -0.05) is 78.9 Å². The first-order valence-corrected chi connectivity index (χ1v) is 9.41. The molecule has 146 valence electrons. The number of hydrogen-bond acceptors (Lipinski definition) is 2.